The molecule has 0 amide bonds. The van der Waals surface area contributed by atoms with Crippen molar-refractivity contribution in [2.24, 2.45) is 0 Å². The molecular weight excluding hydrogens is 200 g/mol. The average Bonchev–Trinajstić information content (AvgIpc) is 2.10. The predicted octanol–water partition coefficient (Wildman–Crippen LogP) is 0.315. The Morgan fingerprint density at radius 2 is 2.07 bits per heavy atom. The Balaban J connectivity index is 4.56. The lowest BCUT2D eigenvalue weighted by Gasteiger charge is -2.31. The van der Waals surface area contributed by atoms with Gasteiger partial charge in [0.1, 0.15) is 11.8 Å². The molecule has 0 heterocycles. The number of carbonyl (C=O) groups excluding carboxylic acids is 1. The van der Waals surface area contributed by atoms with Crippen molar-refractivity contribution in [3.8, 4) is 0 Å². The highest BCUT2D eigenvalue weighted by atomic mass is 28.3. The molecule has 0 spiro atoms. The van der Waals surface area contributed by atoms with Crippen molar-refractivity contribution < 1.29 is 19.7 Å². The zero-order chi connectivity index (χ0) is 11.4. The van der Waals surface area contributed by atoms with E-state index in [9.17, 15) is 9.90 Å². The third-order valence-corrected chi connectivity index (χ3v) is 4.01. The normalized spacial score (nSPS) is 15.8. The van der Waals surface area contributed by atoms with E-state index in [1.807, 2.05) is 19.6 Å². The Labute approximate surface area is 85.2 Å². The van der Waals surface area contributed by atoms with Crippen LogP contribution in [0.5, 0.6) is 0 Å². The summed E-state index contributed by atoms with van der Waals surface area (Å²) in [5, 5.41) is 18.3. The van der Waals surface area contributed by atoms with E-state index in [4.69, 9.17) is 9.84 Å². The lowest BCUT2D eigenvalue weighted by atomic mass is 10.4. The quantitative estimate of drug-likeness (QED) is 0.396. The van der Waals surface area contributed by atoms with Gasteiger partial charge in [-0.2, -0.15) is 0 Å². The molecule has 2 atom stereocenters. The van der Waals surface area contributed by atoms with Gasteiger partial charge < -0.3 is 14.9 Å². The molecule has 0 aromatic rings. The number of aliphatic hydroxyl groups is 2. The standard InChI is InChI=1S/C9H18O4Si/c1-5-8(12)13-9(7(11)6-10)14(2,3)4/h5,7,9-11H,1,6H2,2-4H3. The molecule has 0 radical (unpaired) electrons. The highest BCUT2D eigenvalue weighted by Crippen LogP contribution is 2.15. The largest absolute Gasteiger partial charge is 0.460 e. The molecule has 0 aromatic heterocycles. The maximum atomic E-state index is 11.0. The molecule has 0 aliphatic rings. The van der Waals surface area contributed by atoms with Crippen LogP contribution >= 0.6 is 0 Å². The minimum atomic E-state index is -1.85. The van der Waals surface area contributed by atoms with Crippen LogP contribution in [0.15, 0.2) is 12.7 Å². The van der Waals surface area contributed by atoms with E-state index in [1.54, 1.807) is 0 Å². The zero-order valence-corrected chi connectivity index (χ0v) is 9.86. The number of aliphatic hydroxyl groups excluding tert-OH is 2. The smallest absolute Gasteiger partial charge is 0.330 e. The topological polar surface area (TPSA) is 66.8 Å². The Hall–Kier alpha value is -0.653. The van der Waals surface area contributed by atoms with Gasteiger partial charge in [0.15, 0.2) is 0 Å². The summed E-state index contributed by atoms with van der Waals surface area (Å²) in [7, 11) is -1.85. The lowest BCUT2D eigenvalue weighted by Crippen LogP contribution is -2.50. The van der Waals surface area contributed by atoms with Crippen molar-refractivity contribution in [1.82, 2.24) is 0 Å². The maximum Gasteiger partial charge on any atom is 0.330 e. The number of ether oxygens (including phenoxy) is 1. The van der Waals surface area contributed by atoms with Gasteiger partial charge in [0, 0.05) is 6.08 Å². The first kappa shape index (κ1) is 13.3. The second-order valence-electron chi connectivity index (χ2n) is 4.18. The fourth-order valence-corrected chi connectivity index (χ4v) is 2.83. The summed E-state index contributed by atoms with van der Waals surface area (Å²) in [4.78, 5) is 11.0. The number of hydrogen-bond acceptors (Lipinski definition) is 4. The second kappa shape index (κ2) is 5.28. The molecule has 4 nitrogen and oxygen atoms in total. The highest BCUT2D eigenvalue weighted by molar-refractivity contribution is 6.77. The molecule has 0 bridgehead atoms. The van der Waals surface area contributed by atoms with E-state index in [1.165, 1.54) is 0 Å². The van der Waals surface area contributed by atoms with Crippen LogP contribution in [0, 0.1) is 0 Å². The monoisotopic (exact) mass is 218 g/mol. The Morgan fingerprint density at radius 3 is 2.36 bits per heavy atom. The van der Waals surface area contributed by atoms with Gasteiger partial charge in [-0.15, -0.1) is 0 Å². The maximum absolute atomic E-state index is 11.0. The van der Waals surface area contributed by atoms with Gasteiger partial charge in [0.2, 0.25) is 0 Å². The van der Waals surface area contributed by atoms with Crippen LogP contribution in [0.1, 0.15) is 0 Å². The van der Waals surface area contributed by atoms with Crippen LogP contribution in [-0.2, 0) is 9.53 Å². The molecular formula is C9H18O4Si. The van der Waals surface area contributed by atoms with Crippen LogP contribution in [0.3, 0.4) is 0 Å². The Kier molecular flexibility index (Phi) is 5.04. The van der Waals surface area contributed by atoms with Gasteiger partial charge in [0.25, 0.3) is 0 Å². The molecule has 0 aliphatic carbocycles. The number of hydrogen-bond donors (Lipinski definition) is 2. The predicted molar refractivity (Wildman–Crippen MR) is 56.5 cm³/mol. The highest BCUT2D eigenvalue weighted by Gasteiger charge is 2.35. The van der Waals surface area contributed by atoms with E-state index in [0.29, 0.717) is 0 Å². The van der Waals surface area contributed by atoms with Crippen LogP contribution in [-0.4, -0.2) is 42.7 Å². The molecule has 82 valence electrons. The third kappa shape index (κ3) is 4.04. The molecule has 0 rings (SSSR count). The van der Waals surface area contributed by atoms with Gasteiger partial charge in [-0.05, 0) is 0 Å². The summed E-state index contributed by atoms with van der Waals surface area (Å²) >= 11 is 0. The van der Waals surface area contributed by atoms with Crippen molar-refractivity contribution in [2.75, 3.05) is 6.61 Å². The summed E-state index contributed by atoms with van der Waals surface area (Å²) < 4.78 is 5.01. The van der Waals surface area contributed by atoms with Gasteiger partial charge >= 0.3 is 5.97 Å². The summed E-state index contributed by atoms with van der Waals surface area (Å²) in [6, 6.07) is 0. The van der Waals surface area contributed by atoms with Crippen molar-refractivity contribution in [1.29, 1.82) is 0 Å². The van der Waals surface area contributed by atoms with E-state index < -0.39 is 32.5 Å². The number of rotatable bonds is 5. The van der Waals surface area contributed by atoms with Crippen LogP contribution in [0.4, 0.5) is 0 Å². The molecule has 0 aliphatic heterocycles. The van der Waals surface area contributed by atoms with Crippen LogP contribution in [0.2, 0.25) is 19.6 Å². The minimum absolute atomic E-state index is 0.403. The van der Waals surface area contributed by atoms with E-state index in [-0.39, 0.29) is 0 Å². The summed E-state index contributed by atoms with van der Waals surface area (Å²) in [6.45, 7) is 8.73. The van der Waals surface area contributed by atoms with Crippen LogP contribution < -0.4 is 0 Å². The minimum Gasteiger partial charge on any atom is -0.460 e. The Morgan fingerprint density at radius 1 is 1.57 bits per heavy atom. The molecule has 5 heteroatoms. The number of esters is 1. The van der Waals surface area contributed by atoms with Crippen LogP contribution in [0.25, 0.3) is 0 Å². The van der Waals surface area contributed by atoms with Gasteiger partial charge in [0.05, 0.1) is 14.7 Å². The lowest BCUT2D eigenvalue weighted by molar-refractivity contribution is -0.145. The molecule has 0 saturated carbocycles. The molecule has 2 unspecified atom stereocenters. The summed E-state index contributed by atoms with van der Waals surface area (Å²) in [5.41, 5.74) is -0.599. The van der Waals surface area contributed by atoms with Gasteiger partial charge in [-0.1, -0.05) is 26.2 Å². The third-order valence-electron chi connectivity index (χ3n) is 1.80. The van der Waals surface area contributed by atoms with E-state index >= 15 is 0 Å². The number of carbonyl (C=O) groups is 1. The molecule has 0 fully saturated rings. The second-order valence-corrected chi connectivity index (χ2v) is 9.48. The zero-order valence-electron chi connectivity index (χ0n) is 8.86. The van der Waals surface area contributed by atoms with Crippen molar-refractivity contribution in [2.45, 2.75) is 31.5 Å². The van der Waals surface area contributed by atoms with E-state index in [2.05, 4.69) is 6.58 Å². The van der Waals surface area contributed by atoms with Crippen molar-refractivity contribution >= 4 is 14.0 Å². The van der Waals surface area contributed by atoms with E-state index in [0.717, 1.165) is 6.08 Å². The first-order chi connectivity index (χ1) is 6.32. The molecule has 0 aromatic carbocycles. The Bertz CT molecular complexity index is 209. The first-order valence-corrected chi connectivity index (χ1v) is 8.02. The van der Waals surface area contributed by atoms with Gasteiger partial charge in [-0.25, -0.2) is 4.79 Å². The average molecular weight is 218 g/mol. The SMILES string of the molecule is C=CC(=O)OC(C(O)CO)[Si](C)(C)C. The fraction of sp³-hybridized carbons (Fsp3) is 0.667. The van der Waals surface area contributed by atoms with Gasteiger partial charge in [-0.3, -0.25) is 0 Å². The molecule has 14 heavy (non-hydrogen) atoms. The van der Waals surface area contributed by atoms with Crippen molar-refractivity contribution in [3.05, 3.63) is 12.7 Å². The molecule has 0 saturated heterocycles. The molecule has 2 N–H and O–H groups in total. The fourth-order valence-electron chi connectivity index (χ4n) is 1.10. The first-order valence-electron chi connectivity index (χ1n) is 4.45. The summed E-state index contributed by atoms with van der Waals surface area (Å²) in [6.07, 6.45) is 0.0441. The van der Waals surface area contributed by atoms with Crippen molar-refractivity contribution in [3.63, 3.8) is 0 Å². The summed E-state index contributed by atoms with van der Waals surface area (Å²) in [5.74, 6) is -0.565.